The Kier molecular flexibility index (Phi) is 4.41. The summed E-state index contributed by atoms with van der Waals surface area (Å²) in [6.45, 7) is 2.03. The van der Waals surface area contributed by atoms with Crippen LogP contribution in [0.1, 0.15) is 18.6 Å². The number of hydrogen-bond acceptors (Lipinski definition) is 6. The van der Waals surface area contributed by atoms with Crippen LogP contribution in [0, 0.1) is 0 Å². The maximum Gasteiger partial charge on any atom is 0.238 e. The van der Waals surface area contributed by atoms with E-state index < -0.39 is 10.0 Å². The van der Waals surface area contributed by atoms with Crippen molar-refractivity contribution in [3.8, 4) is 5.75 Å². The molecule has 0 radical (unpaired) electrons. The lowest BCUT2D eigenvalue weighted by Gasteiger charge is -2.07. The van der Waals surface area contributed by atoms with E-state index in [-0.39, 0.29) is 11.5 Å². The Morgan fingerprint density at radius 2 is 2.20 bits per heavy atom. The molecule has 1 aromatic carbocycles. The van der Waals surface area contributed by atoms with Crippen LogP contribution < -0.4 is 9.88 Å². The van der Waals surface area contributed by atoms with E-state index in [9.17, 15) is 8.42 Å². The number of aryl methyl sites for hydroxylation is 1. The molecule has 0 aliphatic carbocycles. The molecule has 9 heteroatoms. The van der Waals surface area contributed by atoms with Crippen LogP contribution in [0.25, 0.3) is 0 Å². The van der Waals surface area contributed by atoms with Crippen molar-refractivity contribution in [1.82, 2.24) is 10.1 Å². The van der Waals surface area contributed by atoms with Crippen molar-refractivity contribution in [3.05, 3.63) is 34.4 Å². The number of ether oxygens (including phenoxy) is 1. The first-order chi connectivity index (χ1) is 9.40. The number of nitrogens with zero attached hydrogens (tertiary/aromatic N) is 2. The summed E-state index contributed by atoms with van der Waals surface area (Å²) in [5.74, 6) is 1.41. The van der Waals surface area contributed by atoms with E-state index >= 15 is 0 Å². The first-order valence-corrected chi connectivity index (χ1v) is 8.00. The van der Waals surface area contributed by atoms with Gasteiger partial charge in [0, 0.05) is 6.42 Å². The Bertz CT molecular complexity index is 714. The third-order valence-corrected chi connectivity index (χ3v) is 3.93. The minimum atomic E-state index is -3.73. The molecule has 20 heavy (non-hydrogen) atoms. The third kappa shape index (κ3) is 3.56. The number of sulfonamides is 1. The van der Waals surface area contributed by atoms with Gasteiger partial charge in [-0.15, -0.1) is 0 Å². The van der Waals surface area contributed by atoms with Gasteiger partial charge in [-0.05, 0) is 34.1 Å². The highest BCUT2D eigenvalue weighted by molar-refractivity contribution is 9.10. The van der Waals surface area contributed by atoms with E-state index in [0.29, 0.717) is 28.4 Å². The second-order valence-electron chi connectivity index (χ2n) is 3.88. The van der Waals surface area contributed by atoms with Gasteiger partial charge in [-0.3, -0.25) is 0 Å². The smallest absolute Gasteiger partial charge is 0.238 e. The van der Waals surface area contributed by atoms with Crippen molar-refractivity contribution in [2.24, 2.45) is 5.14 Å². The fraction of sp³-hybridized carbons (Fsp3) is 0.273. The molecule has 0 spiro atoms. The van der Waals surface area contributed by atoms with E-state index in [4.69, 9.17) is 14.4 Å². The molecule has 108 valence electrons. The zero-order valence-corrected chi connectivity index (χ0v) is 12.9. The summed E-state index contributed by atoms with van der Waals surface area (Å²) in [7, 11) is -3.73. The van der Waals surface area contributed by atoms with Crippen molar-refractivity contribution < 1.29 is 17.7 Å². The molecule has 2 N–H and O–H groups in total. The molecule has 0 aliphatic heterocycles. The predicted octanol–water partition coefficient (Wildman–Crippen LogP) is 1.62. The number of primary sulfonamides is 1. The molecule has 0 unspecified atom stereocenters. The molecular formula is C11H12BrN3O4S. The Hall–Kier alpha value is -1.45. The number of benzene rings is 1. The van der Waals surface area contributed by atoms with E-state index in [1.165, 1.54) is 18.2 Å². The highest BCUT2D eigenvalue weighted by atomic mass is 79.9. The molecule has 2 rings (SSSR count). The third-order valence-electron chi connectivity index (χ3n) is 2.40. The second kappa shape index (κ2) is 5.90. The minimum absolute atomic E-state index is 0.00422. The van der Waals surface area contributed by atoms with Gasteiger partial charge >= 0.3 is 0 Å². The topological polar surface area (TPSA) is 108 Å². The summed E-state index contributed by atoms with van der Waals surface area (Å²) in [6, 6.07) is 4.24. The van der Waals surface area contributed by atoms with Crippen LogP contribution in [0.5, 0.6) is 5.75 Å². The van der Waals surface area contributed by atoms with Gasteiger partial charge in [0.25, 0.3) is 0 Å². The summed E-state index contributed by atoms with van der Waals surface area (Å²) < 4.78 is 33.3. The molecule has 0 amide bonds. The van der Waals surface area contributed by atoms with Crippen LogP contribution in [0.3, 0.4) is 0 Å². The highest BCUT2D eigenvalue weighted by Crippen LogP contribution is 2.27. The van der Waals surface area contributed by atoms with Crippen LogP contribution in [0.15, 0.2) is 32.1 Å². The molecule has 0 saturated heterocycles. The normalized spacial score (nSPS) is 11.6. The molecule has 0 bridgehead atoms. The fourth-order valence-corrected chi connectivity index (χ4v) is 2.59. The number of aromatic nitrogens is 2. The number of halogens is 1. The van der Waals surface area contributed by atoms with Gasteiger partial charge in [-0.25, -0.2) is 13.6 Å². The van der Waals surface area contributed by atoms with Crippen LogP contribution in [-0.2, 0) is 23.1 Å². The van der Waals surface area contributed by atoms with Gasteiger partial charge in [-0.1, -0.05) is 12.1 Å². The zero-order valence-electron chi connectivity index (χ0n) is 10.5. The van der Waals surface area contributed by atoms with E-state index in [1.807, 2.05) is 6.92 Å². The fourth-order valence-electron chi connectivity index (χ4n) is 1.41. The molecule has 0 saturated carbocycles. The van der Waals surface area contributed by atoms with Gasteiger partial charge in [0.1, 0.15) is 5.75 Å². The summed E-state index contributed by atoms with van der Waals surface area (Å²) >= 11 is 3.22. The standard InChI is InChI=1S/C11H12BrN3O4S/c1-2-11-14-10(15-19-11)6-18-9-4-3-7(5-8(9)12)20(13,16)17/h3-5H,2,6H2,1H3,(H2,13,16,17). The lowest BCUT2D eigenvalue weighted by molar-refractivity contribution is 0.283. The van der Waals surface area contributed by atoms with E-state index in [2.05, 4.69) is 26.1 Å². The average molecular weight is 362 g/mol. The summed E-state index contributed by atoms with van der Waals surface area (Å²) in [5.41, 5.74) is 0. The summed E-state index contributed by atoms with van der Waals surface area (Å²) in [5, 5.41) is 8.78. The predicted molar refractivity (Wildman–Crippen MR) is 73.5 cm³/mol. The largest absolute Gasteiger partial charge is 0.484 e. The molecule has 0 aliphatic rings. The summed E-state index contributed by atoms with van der Waals surface area (Å²) in [4.78, 5) is 4.10. The van der Waals surface area contributed by atoms with Crippen LogP contribution in [-0.4, -0.2) is 18.6 Å². The number of hydrogen-bond donors (Lipinski definition) is 1. The maximum absolute atomic E-state index is 11.2. The van der Waals surface area contributed by atoms with Crippen molar-refractivity contribution in [2.75, 3.05) is 0 Å². The molecule has 0 fully saturated rings. The average Bonchev–Trinajstić information content (AvgIpc) is 2.84. The van der Waals surface area contributed by atoms with E-state index in [0.717, 1.165) is 0 Å². The van der Waals surface area contributed by atoms with Gasteiger partial charge < -0.3 is 9.26 Å². The van der Waals surface area contributed by atoms with E-state index in [1.54, 1.807) is 0 Å². The minimum Gasteiger partial charge on any atom is -0.484 e. The van der Waals surface area contributed by atoms with Gasteiger partial charge in [-0.2, -0.15) is 4.98 Å². The molecule has 2 aromatic rings. The zero-order chi connectivity index (χ0) is 14.8. The van der Waals surface area contributed by atoms with Crippen molar-refractivity contribution in [3.63, 3.8) is 0 Å². The molecular weight excluding hydrogens is 350 g/mol. The Morgan fingerprint density at radius 3 is 2.75 bits per heavy atom. The number of nitrogens with two attached hydrogens (primary N) is 1. The number of rotatable bonds is 5. The molecule has 7 nitrogen and oxygen atoms in total. The Morgan fingerprint density at radius 1 is 1.45 bits per heavy atom. The Labute approximate surface area is 124 Å². The summed E-state index contributed by atoms with van der Waals surface area (Å²) in [6.07, 6.45) is 0.653. The van der Waals surface area contributed by atoms with Crippen LogP contribution in [0.2, 0.25) is 0 Å². The van der Waals surface area contributed by atoms with Gasteiger partial charge in [0.15, 0.2) is 6.61 Å². The molecule has 1 aromatic heterocycles. The van der Waals surface area contributed by atoms with Gasteiger partial charge in [0.05, 0.1) is 9.37 Å². The first-order valence-electron chi connectivity index (χ1n) is 5.66. The quantitative estimate of drug-likeness (QED) is 0.866. The first kappa shape index (κ1) is 14.9. The highest BCUT2D eigenvalue weighted by Gasteiger charge is 2.12. The molecule has 1 heterocycles. The van der Waals surface area contributed by atoms with Crippen molar-refractivity contribution in [1.29, 1.82) is 0 Å². The lowest BCUT2D eigenvalue weighted by Crippen LogP contribution is -2.12. The molecule has 0 atom stereocenters. The van der Waals surface area contributed by atoms with Crippen molar-refractivity contribution in [2.45, 2.75) is 24.8 Å². The second-order valence-corrected chi connectivity index (χ2v) is 6.30. The van der Waals surface area contributed by atoms with Crippen molar-refractivity contribution >= 4 is 26.0 Å². The maximum atomic E-state index is 11.2. The lowest BCUT2D eigenvalue weighted by atomic mass is 10.3. The van der Waals surface area contributed by atoms with Crippen LogP contribution in [0.4, 0.5) is 0 Å². The van der Waals surface area contributed by atoms with Crippen LogP contribution >= 0.6 is 15.9 Å². The monoisotopic (exact) mass is 361 g/mol. The SMILES string of the molecule is CCc1nc(COc2ccc(S(N)(=O)=O)cc2Br)no1. The van der Waals surface area contributed by atoms with Gasteiger partial charge in [0.2, 0.25) is 21.7 Å². The Balaban J connectivity index is 2.10.